The molecule has 0 N–H and O–H groups in total. The lowest BCUT2D eigenvalue weighted by Gasteiger charge is -2.47. The highest BCUT2D eigenvalue weighted by atomic mass is 32.1. The largest absolute Gasteiger partial charge is 0.494 e. The minimum atomic E-state index is -0.500. The molecule has 1 aliphatic rings. The predicted octanol–water partition coefficient (Wildman–Crippen LogP) is 5.94. The van der Waals surface area contributed by atoms with E-state index in [1.165, 1.54) is 6.20 Å². The number of carbonyl (C=O) groups excluding carboxylic acids is 1. The minimum Gasteiger partial charge on any atom is -0.494 e. The molecule has 0 aliphatic carbocycles. The van der Waals surface area contributed by atoms with Gasteiger partial charge >= 0.3 is 5.00 Å². The van der Waals surface area contributed by atoms with Crippen LogP contribution in [0.1, 0.15) is 58.4 Å². The number of carbonyl (C=O) groups is 1. The van der Waals surface area contributed by atoms with Crippen molar-refractivity contribution >= 4 is 38.6 Å². The minimum absolute atomic E-state index is 0.0585. The van der Waals surface area contributed by atoms with Gasteiger partial charge < -0.3 is 14.4 Å². The maximum atomic E-state index is 11.4. The predicted molar refractivity (Wildman–Crippen MR) is 120 cm³/mol. The number of methoxy groups -OCH3 is 1. The molecule has 0 radical (unpaired) electrons. The molecule has 3 rings (SSSR count). The van der Waals surface area contributed by atoms with Gasteiger partial charge in [0.1, 0.15) is 23.4 Å². The van der Waals surface area contributed by atoms with Crippen LogP contribution < -0.4 is 9.64 Å². The fourth-order valence-electron chi connectivity index (χ4n) is 4.13. The molecule has 1 aliphatic heterocycles. The second-order valence-electron chi connectivity index (χ2n) is 8.40. The molecule has 31 heavy (non-hydrogen) atoms. The molecule has 0 saturated carbocycles. The van der Waals surface area contributed by atoms with E-state index < -0.39 is 4.92 Å². The fourth-order valence-corrected chi connectivity index (χ4v) is 4.69. The first-order chi connectivity index (χ1) is 14.6. The lowest BCUT2D eigenvalue weighted by Crippen LogP contribution is -2.48. The summed E-state index contributed by atoms with van der Waals surface area (Å²) < 4.78 is 5.58. The van der Waals surface area contributed by atoms with Crippen LogP contribution in [0.3, 0.4) is 0 Å². The van der Waals surface area contributed by atoms with E-state index in [-0.39, 0.29) is 21.5 Å². The highest BCUT2D eigenvalue weighted by Gasteiger charge is 2.37. The third-order valence-electron chi connectivity index (χ3n) is 5.50. The Bertz CT molecular complexity index is 1020. The lowest BCUT2D eigenvalue weighted by atomic mass is 9.79. The highest BCUT2D eigenvalue weighted by Crippen LogP contribution is 2.48. The molecule has 166 valence electrons. The second-order valence-corrected chi connectivity index (χ2v) is 9.38. The van der Waals surface area contributed by atoms with Crippen LogP contribution in [0, 0.1) is 10.1 Å². The summed E-state index contributed by atoms with van der Waals surface area (Å²) in [6, 6.07) is 3.94. The Morgan fingerprint density at radius 3 is 2.77 bits per heavy atom. The van der Waals surface area contributed by atoms with Gasteiger partial charge in [-0.15, -0.1) is 10.2 Å². The SMILES string of the molecule is COc1cc2c(cc1N=Nc1ncc([N+](=O)[O-])s1)C(C)CC(C)(C)N2CCCC(C)=O. The zero-order valence-corrected chi connectivity index (χ0v) is 19.2. The molecule has 1 atom stereocenters. The van der Waals surface area contributed by atoms with E-state index in [2.05, 4.69) is 40.9 Å². The van der Waals surface area contributed by atoms with Gasteiger partial charge in [-0.25, -0.2) is 4.98 Å². The molecule has 0 bridgehead atoms. The molecule has 0 saturated heterocycles. The van der Waals surface area contributed by atoms with Gasteiger partial charge in [0, 0.05) is 30.3 Å². The summed E-state index contributed by atoms with van der Waals surface area (Å²) in [7, 11) is 1.58. The molecule has 0 amide bonds. The molecule has 0 spiro atoms. The zero-order valence-electron chi connectivity index (χ0n) is 18.4. The fraction of sp³-hybridized carbons (Fsp3) is 0.524. The van der Waals surface area contributed by atoms with Crippen LogP contribution in [0.25, 0.3) is 0 Å². The Labute approximate surface area is 185 Å². The number of ketones is 1. The first-order valence-corrected chi connectivity index (χ1v) is 10.9. The number of thiazole rings is 1. The van der Waals surface area contributed by atoms with Crippen LogP contribution in [0.4, 0.5) is 21.5 Å². The molecular formula is C21H27N5O4S. The third kappa shape index (κ3) is 5.07. The highest BCUT2D eigenvalue weighted by molar-refractivity contribution is 7.18. The molecule has 1 unspecified atom stereocenters. The van der Waals surface area contributed by atoms with Gasteiger partial charge in [0.15, 0.2) is 0 Å². The van der Waals surface area contributed by atoms with Gasteiger partial charge in [-0.1, -0.05) is 6.92 Å². The van der Waals surface area contributed by atoms with Crippen LogP contribution >= 0.6 is 11.3 Å². The van der Waals surface area contributed by atoms with Crippen molar-refractivity contribution in [3.05, 3.63) is 34.0 Å². The van der Waals surface area contributed by atoms with E-state index in [0.717, 1.165) is 42.0 Å². The van der Waals surface area contributed by atoms with Crippen LogP contribution in [0.5, 0.6) is 5.75 Å². The molecule has 2 heterocycles. The summed E-state index contributed by atoms with van der Waals surface area (Å²) in [5.41, 5.74) is 2.71. The van der Waals surface area contributed by atoms with E-state index in [1.54, 1.807) is 14.0 Å². The molecule has 0 fully saturated rings. The number of hydrogen-bond acceptors (Lipinski definition) is 9. The van der Waals surface area contributed by atoms with Gasteiger partial charge in [0.25, 0.3) is 0 Å². The molecule has 9 nitrogen and oxygen atoms in total. The van der Waals surface area contributed by atoms with Crippen molar-refractivity contribution in [2.45, 2.75) is 58.4 Å². The van der Waals surface area contributed by atoms with E-state index in [4.69, 9.17) is 4.74 Å². The number of fused-ring (bicyclic) bond motifs is 1. The molecule has 1 aromatic carbocycles. The quantitative estimate of drug-likeness (QED) is 0.283. The Balaban J connectivity index is 1.96. The summed E-state index contributed by atoms with van der Waals surface area (Å²) >= 11 is 0.867. The normalized spacial score (nSPS) is 17.6. The monoisotopic (exact) mass is 445 g/mol. The summed E-state index contributed by atoms with van der Waals surface area (Å²) in [6.07, 6.45) is 3.48. The van der Waals surface area contributed by atoms with Crippen molar-refractivity contribution in [2.24, 2.45) is 10.2 Å². The number of benzene rings is 1. The average Bonchev–Trinajstić information content (AvgIpc) is 3.17. The van der Waals surface area contributed by atoms with Crippen molar-refractivity contribution in [1.29, 1.82) is 0 Å². The molecular weight excluding hydrogens is 418 g/mol. The Morgan fingerprint density at radius 1 is 1.42 bits per heavy atom. The zero-order chi connectivity index (χ0) is 22.8. The smallest absolute Gasteiger partial charge is 0.345 e. The second kappa shape index (κ2) is 9.09. The number of anilines is 1. The number of aromatic nitrogens is 1. The number of nitrogens with zero attached hydrogens (tertiary/aromatic N) is 5. The van der Waals surface area contributed by atoms with Gasteiger partial charge in [-0.2, -0.15) is 0 Å². The Hall–Kier alpha value is -2.88. The van der Waals surface area contributed by atoms with Gasteiger partial charge in [0.05, 0.1) is 12.0 Å². The Kier molecular flexibility index (Phi) is 6.68. The number of rotatable bonds is 8. The van der Waals surface area contributed by atoms with Crippen LogP contribution in [0.15, 0.2) is 28.6 Å². The maximum absolute atomic E-state index is 11.4. The van der Waals surface area contributed by atoms with Crippen LogP contribution in [-0.4, -0.2) is 34.9 Å². The number of nitro groups is 1. The number of azo groups is 1. The molecule has 1 aromatic heterocycles. The van der Waals surface area contributed by atoms with Crippen LogP contribution in [-0.2, 0) is 4.79 Å². The first-order valence-electron chi connectivity index (χ1n) is 10.1. The van der Waals surface area contributed by atoms with Crippen molar-refractivity contribution in [3.8, 4) is 5.75 Å². The van der Waals surface area contributed by atoms with E-state index in [9.17, 15) is 14.9 Å². The number of Topliss-reactive ketones (excluding diaryl/α,β-unsaturated/α-hetero) is 1. The third-order valence-corrected chi connectivity index (χ3v) is 6.33. The average molecular weight is 446 g/mol. The summed E-state index contributed by atoms with van der Waals surface area (Å²) in [5.74, 6) is 1.06. The summed E-state index contributed by atoms with van der Waals surface area (Å²) in [5, 5.41) is 19.3. The van der Waals surface area contributed by atoms with Crippen molar-refractivity contribution in [2.75, 3.05) is 18.6 Å². The maximum Gasteiger partial charge on any atom is 0.345 e. The standard InChI is InChI=1S/C21H27N5O4S/c1-13-11-21(3,4)25(8-6-7-14(2)27)17-10-18(30-5)16(9-15(13)17)23-24-20-22-12-19(31-20)26(28)29/h9-10,12-13H,6-8,11H2,1-5H3. The van der Waals surface area contributed by atoms with Gasteiger partial charge in [0.2, 0.25) is 5.13 Å². The summed E-state index contributed by atoms with van der Waals surface area (Å²) in [6.45, 7) is 9.02. The number of ether oxygens (including phenoxy) is 1. The van der Waals surface area contributed by atoms with E-state index in [1.807, 2.05) is 12.1 Å². The molecule has 10 heteroatoms. The first kappa shape index (κ1) is 22.8. The topological polar surface area (TPSA) is 110 Å². The van der Waals surface area contributed by atoms with Gasteiger partial charge in [-0.3, -0.25) is 10.1 Å². The van der Waals surface area contributed by atoms with Crippen molar-refractivity contribution in [3.63, 3.8) is 0 Å². The number of hydrogen-bond donors (Lipinski definition) is 0. The van der Waals surface area contributed by atoms with Crippen molar-refractivity contribution in [1.82, 2.24) is 4.98 Å². The van der Waals surface area contributed by atoms with E-state index >= 15 is 0 Å². The van der Waals surface area contributed by atoms with Gasteiger partial charge in [-0.05, 0) is 62.5 Å². The van der Waals surface area contributed by atoms with E-state index in [0.29, 0.717) is 23.8 Å². The van der Waals surface area contributed by atoms with Crippen LogP contribution in [0.2, 0.25) is 0 Å². The molecule has 2 aromatic rings. The Morgan fingerprint density at radius 2 is 2.16 bits per heavy atom. The summed E-state index contributed by atoms with van der Waals surface area (Å²) in [4.78, 5) is 28.0. The lowest BCUT2D eigenvalue weighted by molar-refractivity contribution is -0.380. The van der Waals surface area contributed by atoms with Crippen molar-refractivity contribution < 1.29 is 14.5 Å².